The van der Waals surface area contributed by atoms with E-state index in [1.807, 2.05) is 30.3 Å². The van der Waals surface area contributed by atoms with Gasteiger partial charge in [0, 0.05) is 17.6 Å². The van der Waals surface area contributed by atoms with Gasteiger partial charge in [-0.2, -0.15) is 0 Å². The van der Waals surface area contributed by atoms with Gasteiger partial charge in [0.25, 0.3) is 5.91 Å². The maximum absolute atomic E-state index is 12.5. The highest BCUT2D eigenvalue weighted by Crippen LogP contribution is 2.24. The van der Waals surface area contributed by atoms with Gasteiger partial charge in [-0.1, -0.05) is 46.3 Å². The van der Waals surface area contributed by atoms with Gasteiger partial charge in [-0.15, -0.1) is 0 Å². The zero-order valence-electron chi connectivity index (χ0n) is 11.4. The second-order valence-corrected chi connectivity index (χ2v) is 5.51. The number of hydrogen-bond donors (Lipinski definition) is 2. The Bertz CT molecular complexity index is 616. The van der Waals surface area contributed by atoms with Crippen LogP contribution in [0.15, 0.2) is 53.0 Å². The van der Waals surface area contributed by atoms with Crippen LogP contribution >= 0.6 is 15.9 Å². The first-order valence-electron chi connectivity index (χ1n) is 6.54. The minimum Gasteiger partial charge on any atom is -0.507 e. The Morgan fingerprint density at radius 3 is 2.48 bits per heavy atom. The number of phenols is 1. The summed E-state index contributed by atoms with van der Waals surface area (Å²) in [4.78, 5) is 14.0. The molecule has 0 atom stereocenters. The van der Waals surface area contributed by atoms with Crippen molar-refractivity contribution in [2.45, 2.75) is 6.54 Å². The van der Waals surface area contributed by atoms with E-state index in [0.717, 1.165) is 5.56 Å². The Kier molecular flexibility index (Phi) is 5.36. The molecule has 0 bridgehead atoms. The molecule has 0 heterocycles. The molecule has 5 heteroatoms. The highest BCUT2D eigenvalue weighted by molar-refractivity contribution is 9.10. The number of aliphatic hydroxyl groups is 1. The molecule has 21 heavy (non-hydrogen) atoms. The molecule has 2 aromatic carbocycles. The van der Waals surface area contributed by atoms with Crippen LogP contribution in [0.3, 0.4) is 0 Å². The van der Waals surface area contributed by atoms with E-state index in [0.29, 0.717) is 11.0 Å². The Labute approximate surface area is 131 Å². The minimum atomic E-state index is -0.307. The fourth-order valence-corrected chi connectivity index (χ4v) is 2.38. The molecule has 0 saturated heterocycles. The van der Waals surface area contributed by atoms with Gasteiger partial charge in [0.2, 0.25) is 0 Å². The van der Waals surface area contributed by atoms with Crippen molar-refractivity contribution in [2.75, 3.05) is 13.2 Å². The molecule has 0 aliphatic carbocycles. The average molecular weight is 350 g/mol. The van der Waals surface area contributed by atoms with E-state index >= 15 is 0 Å². The van der Waals surface area contributed by atoms with E-state index in [1.165, 1.54) is 11.0 Å². The van der Waals surface area contributed by atoms with Gasteiger partial charge in [0.15, 0.2) is 0 Å². The summed E-state index contributed by atoms with van der Waals surface area (Å²) < 4.78 is 0.702. The first-order valence-corrected chi connectivity index (χ1v) is 7.33. The summed E-state index contributed by atoms with van der Waals surface area (Å²) in [6.07, 6.45) is 0. The second kappa shape index (κ2) is 7.24. The number of aromatic hydroxyl groups is 1. The molecule has 0 radical (unpaired) electrons. The van der Waals surface area contributed by atoms with Gasteiger partial charge in [0.05, 0.1) is 12.2 Å². The largest absolute Gasteiger partial charge is 0.507 e. The molecule has 0 aliphatic heterocycles. The fourth-order valence-electron chi connectivity index (χ4n) is 2.03. The Hall–Kier alpha value is -1.85. The number of benzene rings is 2. The van der Waals surface area contributed by atoms with Crippen molar-refractivity contribution in [2.24, 2.45) is 0 Å². The van der Waals surface area contributed by atoms with Crippen molar-refractivity contribution < 1.29 is 15.0 Å². The molecule has 110 valence electrons. The summed E-state index contributed by atoms with van der Waals surface area (Å²) in [5.41, 5.74) is 1.19. The molecule has 0 aliphatic rings. The monoisotopic (exact) mass is 349 g/mol. The summed E-state index contributed by atoms with van der Waals surface area (Å²) in [7, 11) is 0. The van der Waals surface area contributed by atoms with Crippen LogP contribution in [0, 0.1) is 0 Å². The molecule has 0 unspecified atom stereocenters. The Balaban J connectivity index is 2.23. The van der Waals surface area contributed by atoms with Crippen LogP contribution in [0.25, 0.3) is 0 Å². The van der Waals surface area contributed by atoms with Crippen LogP contribution < -0.4 is 0 Å². The minimum absolute atomic E-state index is 0.0784. The average Bonchev–Trinajstić information content (AvgIpc) is 2.47. The smallest absolute Gasteiger partial charge is 0.257 e. The normalized spacial score (nSPS) is 10.4. The molecule has 0 fully saturated rings. The van der Waals surface area contributed by atoms with E-state index in [4.69, 9.17) is 5.11 Å². The lowest BCUT2D eigenvalue weighted by Crippen LogP contribution is -2.33. The molecule has 1 amide bonds. The molecule has 2 N–H and O–H groups in total. The summed E-state index contributed by atoms with van der Waals surface area (Å²) in [6.45, 7) is 0.467. The number of rotatable bonds is 5. The van der Waals surface area contributed by atoms with E-state index in [9.17, 15) is 9.90 Å². The zero-order valence-corrected chi connectivity index (χ0v) is 13.0. The summed E-state index contributed by atoms with van der Waals surface area (Å²) in [5, 5.41) is 19.1. The number of phenolic OH excluding ortho intramolecular Hbond substituents is 1. The van der Waals surface area contributed by atoms with Crippen molar-refractivity contribution in [1.82, 2.24) is 4.90 Å². The lowest BCUT2D eigenvalue weighted by Gasteiger charge is -2.22. The topological polar surface area (TPSA) is 60.8 Å². The standard InChI is InChI=1S/C16H16BrNO3/c17-13-6-7-14(15(20)10-13)16(21)18(8-9-19)11-12-4-2-1-3-5-12/h1-7,10,19-20H,8-9,11H2. The molecule has 0 spiro atoms. The molecule has 0 aromatic heterocycles. The van der Waals surface area contributed by atoms with Crippen LogP contribution in [0.5, 0.6) is 5.75 Å². The number of amides is 1. The van der Waals surface area contributed by atoms with Gasteiger partial charge in [-0.05, 0) is 23.8 Å². The van der Waals surface area contributed by atoms with Gasteiger partial charge in [-0.3, -0.25) is 4.79 Å². The number of nitrogens with zero attached hydrogens (tertiary/aromatic N) is 1. The van der Waals surface area contributed by atoms with Crippen molar-refractivity contribution >= 4 is 21.8 Å². The SMILES string of the molecule is O=C(c1ccc(Br)cc1O)N(CCO)Cc1ccccc1. The molecule has 2 rings (SSSR count). The predicted octanol–water partition coefficient (Wildman–Crippen LogP) is 2.79. The summed E-state index contributed by atoms with van der Waals surface area (Å²) >= 11 is 3.24. The Morgan fingerprint density at radius 1 is 1.14 bits per heavy atom. The predicted molar refractivity (Wildman–Crippen MR) is 84.1 cm³/mol. The van der Waals surface area contributed by atoms with Crippen molar-refractivity contribution in [1.29, 1.82) is 0 Å². The molecule has 4 nitrogen and oxygen atoms in total. The Morgan fingerprint density at radius 2 is 1.86 bits per heavy atom. The zero-order chi connectivity index (χ0) is 15.2. The number of carbonyl (C=O) groups excluding carboxylic acids is 1. The van der Waals surface area contributed by atoms with E-state index in [-0.39, 0.29) is 30.4 Å². The van der Waals surface area contributed by atoms with Crippen LogP contribution in [0.4, 0.5) is 0 Å². The van der Waals surface area contributed by atoms with Crippen LogP contribution in [-0.4, -0.2) is 34.2 Å². The molecular formula is C16H16BrNO3. The van der Waals surface area contributed by atoms with E-state index < -0.39 is 0 Å². The van der Waals surface area contributed by atoms with E-state index in [2.05, 4.69) is 15.9 Å². The highest BCUT2D eigenvalue weighted by atomic mass is 79.9. The van der Waals surface area contributed by atoms with Gasteiger partial charge < -0.3 is 15.1 Å². The third-order valence-electron chi connectivity index (χ3n) is 3.06. The van der Waals surface area contributed by atoms with Gasteiger partial charge in [0.1, 0.15) is 5.75 Å². The first kappa shape index (κ1) is 15.5. The molecule has 2 aromatic rings. The lowest BCUT2D eigenvalue weighted by atomic mass is 10.1. The lowest BCUT2D eigenvalue weighted by molar-refractivity contribution is 0.0705. The van der Waals surface area contributed by atoms with Crippen LogP contribution in [-0.2, 0) is 6.54 Å². The number of aliphatic hydroxyl groups excluding tert-OH is 1. The summed E-state index contributed by atoms with van der Waals surface area (Å²) in [6, 6.07) is 14.3. The quantitative estimate of drug-likeness (QED) is 0.872. The molecule has 0 saturated carbocycles. The number of hydrogen-bond acceptors (Lipinski definition) is 3. The van der Waals surface area contributed by atoms with Gasteiger partial charge in [-0.25, -0.2) is 0 Å². The number of halogens is 1. The van der Waals surface area contributed by atoms with Crippen LogP contribution in [0.1, 0.15) is 15.9 Å². The van der Waals surface area contributed by atoms with E-state index in [1.54, 1.807) is 12.1 Å². The third-order valence-corrected chi connectivity index (χ3v) is 3.56. The maximum atomic E-state index is 12.5. The van der Waals surface area contributed by atoms with Crippen LogP contribution in [0.2, 0.25) is 0 Å². The first-order chi connectivity index (χ1) is 10.1. The summed E-state index contributed by atoms with van der Waals surface area (Å²) in [5.74, 6) is -0.386. The second-order valence-electron chi connectivity index (χ2n) is 4.60. The molecular weight excluding hydrogens is 334 g/mol. The van der Waals surface area contributed by atoms with Crippen molar-refractivity contribution in [3.63, 3.8) is 0 Å². The third kappa shape index (κ3) is 4.06. The van der Waals surface area contributed by atoms with Crippen molar-refractivity contribution in [3.8, 4) is 5.75 Å². The number of carbonyl (C=O) groups is 1. The maximum Gasteiger partial charge on any atom is 0.257 e. The van der Waals surface area contributed by atoms with Crippen molar-refractivity contribution in [3.05, 3.63) is 64.1 Å². The van der Waals surface area contributed by atoms with Gasteiger partial charge >= 0.3 is 0 Å². The highest BCUT2D eigenvalue weighted by Gasteiger charge is 2.19. The fraction of sp³-hybridized carbons (Fsp3) is 0.188.